The molecule has 0 atom stereocenters. The Labute approximate surface area is 691 Å². The van der Waals surface area contributed by atoms with Gasteiger partial charge in [-0.05, 0) is 210 Å². The summed E-state index contributed by atoms with van der Waals surface area (Å²) in [4.78, 5) is 38.3. The van der Waals surface area contributed by atoms with Gasteiger partial charge in [0.05, 0.1) is 42.3 Å². The molecule has 4 saturated heterocycles. The van der Waals surface area contributed by atoms with Crippen molar-refractivity contribution in [2.45, 2.75) is 108 Å². The fourth-order valence-corrected chi connectivity index (χ4v) is 24.8. The summed E-state index contributed by atoms with van der Waals surface area (Å²) in [5, 5.41) is 22.5. The number of hydrogen-bond acceptors (Lipinski definition) is 25. The van der Waals surface area contributed by atoms with E-state index in [2.05, 4.69) is 93.0 Å². The zero-order valence-electron chi connectivity index (χ0n) is 61.6. The molecular weight excluding hydrogens is 1720 g/mol. The first kappa shape index (κ1) is 82.6. The molecule has 16 rings (SSSR count). The van der Waals surface area contributed by atoms with Crippen LogP contribution in [0.1, 0.15) is 88.2 Å². The van der Waals surface area contributed by atoms with Gasteiger partial charge in [0.2, 0.25) is 23.8 Å². The van der Waals surface area contributed by atoms with Crippen LogP contribution in [0.5, 0.6) is 5.75 Å². The van der Waals surface area contributed by atoms with Crippen molar-refractivity contribution >= 4 is 164 Å². The molecule has 35 heteroatoms. The van der Waals surface area contributed by atoms with Crippen LogP contribution in [0.25, 0.3) is 42.3 Å². The molecule has 25 nitrogen and oxygen atoms in total. The Hall–Kier alpha value is -8.40. The molecule has 0 amide bonds. The second-order valence-corrected chi connectivity index (χ2v) is 41.5. The number of nitrogens with zero attached hydrogens (tertiary/aromatic N) is 12. The van der Waals surface area contributed by atoms with Crippen LogP contribution in [0, 0.1) is 13.8 Å². The van der Waals surface area contributed by atoms with Crippen LogP contribution in [0.2, 0.25) is 0 Å². The van der Waals surface area contributed by atoms with Gasteiger partial charge in [0.15, 0.2) is 0 Å². The van der Waals surface area contributed by atoms with Crippen molar-refractivity contribution in [3.8, 4) is 48.0 Å². The van der Waals surface area contributed by atoms with Crippen LogP contribution in [-0.2, 0) is 40.1 Å². The van der Waals surface area contributed by atoms with Crippen LogP contribution in [0.3, 0.4) is 0 Å². The van der Waals surface area contributed by atoms with Crippen molar-refractivity contribution in [2.24, 2.45) is 0 Å². The third-order valence-corrected chi connectivity index (χ3v) is 33.9. The molecule has 0 unspecified atom stereocenters. The van der Waals surface area contributed by atoms with E-state index in [1.54, 1.807) is 109 Å². The van der Waals surface area contributed by atoms with E-state index >= 15 is 0 Å². The maximum Gasteiger partial charge on any atom is 0.252 e. The summed E-state index contributed by atoms with van der Waals surface area (Å²) in [6.07, 6.45) is 18.4. The molecule has 0 bridgehead atoms. The lowest BCUT2D eigenvalue weighted by Gasteiger charge is -2.25. The van der Waals surface area contributed by atoms with E-state index in [0.717, 1.165) is 134 Å². The number of aromatic hydroxyl groups is 1. The normalized spacial score (nSPS) is 15.4. The summed E-state index contributed by atoms with van der Waals surface area (Å²) in [6.45, 7) is 8.62. The van der Waals surface area contributed by atoms with E-state index in [1.807, 2.05) is 111 Å². The highest BCUT2D eigenvalue weighted by molar-refractivity contribution is 9.10. The summed E-state index contributed by atoms with van der Waals surface area (Å²) in [5.41, 5.74) is 7.96. The SMILES string of the molecule is Cc1cc(Nc2nccc(-c3ccc(S(=O)(=O)N4CCCCC4)s3)n2)ccc1Br.Cc1ccc(Nc2nccc(-c3ccc(S(=O)(=O)N4CCCCC4)s3)n2)cc1O.O=S(=O)(c1ccc(-c2ccnc(Nc3ccc(Br)cc3)n2)s1)N1CCCCC1.O=S(=O)(c1ccc(-c2ccnc(Nc3ccccc3)n2)s1)N1CCCCC1. The van der Waals surface area contributed by atoms with Gasteiger partial charge in [-0.3, -0.25) is 0 Å². The smallest absolute Gasteiger partial charge is 0.252 e. The van der Waals surface area contributed by atoms with Crippen molar-refractivity contribution < 1.29 is 38.8 Å². The molecule has 0 radical (unpaired) electrons. The first-order chi connectivity index (χ1) is 54.5. The molecule has 12 heterocycles. The molecule has 590 valence electrons. The molecule has 0 aliphatic carbocycles. The topological polar surface area (TPSA) is 321 Å². The van der Waals surface area contributed by atoms with E-state index in [1.165, 1.54) is 45.3 Å². The minimum Gasteiger partial charge on any atom is -0.508 e. The average Bonchev–Trinajstić information content (AvgIpc) is 1.70. The monoisotopic (exact) mass is 1800 g/mol. The lowest BCUT2D eigenvalue weighted by Crippen LogP contribution is -2.35. The van der Waals surface area contributed by atoms with E-state index in [4.69, 9.17) is 0 Å². The zero-order chi connectivity index (χ0) is 79.1. The molecule has 4 fully saturated rings. The lowest BCUT2D eigenvalue weighted by atomic mass is 10.2. The number of thiophene rings is 4. The highest BCUT2D eigenvalue weighted by Gasteiger charge is 2.32. The Morgan fingerprint density at radius 3 is 0.938 bits per heavy atom. The van der Waals surface area contributed by atoms with Crippen molar-refractivity contribution in [1.82, 2.24) is 57.1 Å². The number of anilines is 8. The lowest BCUT2D eigenvalue weighted by molar-refractivity contribution is 0.347. The predicted molar refractivity (Wildman–Crippen MR) is 457 cm³/mol. The van der Waals surface area contributed by atoms with Gasteiger partial charge in [-0.1, -0.05) is 81.8 Å². The van der Waals surface area contributed by atoms with Gasteiger partial charge in [0.25, 0.3) is 40.1 Å². The first-order valence-corrected chi connectivity index (χ1v) is 47.3. The van der Waals surface area contributed by atoms with Crippen molar-refractivity contribution in [3.05, 3.63) is 209 Å². The van der Waals surface area contributed by atoms with E-state index in [-0.39, 0.29) is 5.75 Å². The molecule has 4 aliphatic rings. The van der Waals surface area contributed by atoms with Crippen molar-refractivity contribution in [3.63, 3.8) is 0 Å². The summed E-state index contributed by atoms with van der Waals surface area (Å²) in [7, 11) is -13.7. The van der Waals surface area contributed by atoms with Gasteiger partial charge in [0, 0.05) is 115 Å². The van der Waals surface area contributed by atoms with Crippen LogP contribution in [0.15, 0.2) is 214 Å². The number of rotatable bonds is 20. The number of halogens is 2. The van der Waals surface area contributed by atoms with Gasteiger partial charge in [-0.2, -0.15) is 17.2 Å². The summed E-state index contributed by atoms with van der Waals surface area (Å²) in [6, 6.07) is 49.6. The van der Waals surface area contributed by atoms with Crippen LogP contribution >= 0.6 is 77.2 Å². The van der Waals surface area contributed by atoms with Gasteiger partial charge < -0.3 is 26.4 Å². The molecule has 0 spiro atoms. The molecule has 8 aromatic heterocycles. The number of piperidine rings is 4. The second-order valence-electron chi connectivity index (χ2n) is 26.7. The number of phenolic OH excluding ortho intramolecular Hbond substituents is 1. The third-order valence-electron chi connectivity index (χ3n) is 18.6. The van der Waals surface area contributed by atoms with Crippen LogP contribution in [-0.4, -0.2) is 148 Å². The summed E-state index contributed by atoms with van der Waals surface area (Å²) in [5.74, 6) is 1.98. The molecule has 113 heavy (non-hydrogen) atoms. The molecule has 5 N–H and O–H groups in total. The zero-order valence-corrected chi connectivity index (χ0v) is 71.3. The number of sulfonamides is 4. The van der Waals surface area contributed by atoms with E-state index in [0.29, 0.717) is 121 Å². The van der Waals surface area contributed by atoms with Gasteiger partial charge in [-0.25, -0.2) is 73.5 Å². The maximum atomic E-state index is 12.9. The molecular formula is C78H82Br2N16O9S8. The Balaban J connectivity index is 0.000000132. The minimum atomic E-state index is -3.45. The minimum absolute atomic E-state index is 0.192. The van der Waals surface area contributed by atoms with Gasteiger partial charge in [0.1, 0.15) is 22.6 Å². The standard InChI is InChI=1S/C20H21BrN4O2S2.C20H22N4O3S2.C19H19BrN4O2S2.C19H20N4O2S2/c1-14-13-15(5-6-16(14)21)23-20-22-10-9-17(24-20)18-7-8-19(28-18)29(26,27)25-11-3-2-4-12-25;1-14-5-6-15(13-17(14)25)22-20-21-10-9-16(23-20)18-7-8-19(28-18)29(26,27)24-11-3-2-4-12-24;20-14-4-6-15(7-5-14)22-19-21-11-10-16(23-19)17-8-9-18(27-17)28(25,26)24-12-2-1-3-13-24;24-27(25,23-13-5-2-6-14-23)18-10-9-17(26-18)16-11-12-20-19(22-16)21-15-7-3-1-4-8-15/h5-10,13H,2-4,11-12H2,1H3,(H,22,23,24);5-10,13,25H,2-4,11-12H2,1H3,(H,21,22,23);4-11H,1-3,12-13H2,(H,21,22,23);1,3-4,7-12H,2,5-6,13-14H2,(H,20,21,22). The molecule has 0 saturated carbocycles. The van der Waals surface area contributed by atoms with Gasteiger partial charge >= 0.3 is 0 Å². The molecule has 12 aromatic rings. The van der Waals surface area contributed by atoms with Gasteiger partial charge in [-0.15, -0.1) is 45.3 Å². The quantitative estimate of drug-likeness (QED) is 0.0473. The average molecular weight is 1800 g/mol. The third kappa shape index (κ3) is 21.4. The second kappa shape index (κ2) is 37.9. The first-order valence-electron chi connectivity index (χ1n) is 36.7. The predicted octanol–water partition coefficient (Wildman–Crippen LogP) is 18.3. The maximum absolute atomic E-state index is 12.9. The number of nitrogens with one attached hydrogen (secondary N) is 4. The van der Waals surface area contributed by atoms with Crippen molar-refractivity contribution in [2.75, 3.05) is 73.6 Å². The Morgan fingerprint density at radius 2 is 0.619 bits per heavy atom. The number of aromatic nitrogens is 8. The highest BCUT2D eigenvalue weighted by atomic mass is 79.9. The number of phenols is 1. The largest absolute Gasteiger partial charge is 0.508 e. The van der Waals surface area contributed by atoms with Crippen LogP contribution < -0.4 is 21.3 Å². The number of hydrogen-bond donors (Lipinski definition) is 5. The van der Waals surface area contributed by atoms with E-state index in [9.17, 15) is 38.8 Å². The summed E-state index contributed by atoms with van der Waals surface area (Å²) >= 11 is 11.9. The Kier molecular flexibility index (Phi) is 27.7. The highest BCUT2D eigenvalue weighted by Crippen LogP contribution is 2.39. The summed E-state index contributed by atoms with van der Waals surface area (Å²) < 4.78 is 113. The Morgan fingerprint density at radius 1 is 0.327 bits per heavy atom. The fourth-order valence-electron chi connectivity index (χ4n) is 12.5. The number of para-hydroxylation sites is 1. The fraction of sp³-hybridized carbons (Fsp3) is 0.282. The van der Waals surface area contributed by atoms with Crippen LogP contribution in [0.4, 0.5) is 46.5 Å². The number of benzene rings is 4. The van der Waals surface area contributed by atoms with Crippen molar-refractivity contribution in [1.29, 1.82) is 0 Å². The van der Waals surface area contributed by atoms with E-state index < -0.39 is 40.1 Å². The Bertz CT molecular complexity index is 5540. The molecule has 4 aromatic carbocycles. The molecule has 4 aliphatic heterocycles. The number of aryl methyl sites for hydroxylation is 2.